The lowest BCUT2D eigenvalue weighted by molar-refractivity contribution is 1.55. The van der Waals surface area contributed by atoms with Crippen LogP contribution in [-0.2, 0) is 0 Å². The Labute approximate surface area is 145 Å². The van der Waals surface area contributed by atoms with Crippen LogP contribution < -0.4 is 0 Å². The maximum absolute atomic E-state index is 2.39. The van der Waals surface area contributed by atoms with Gasteiger partial charge in [0.25, 0.3) is 0 Å². The molecule has 0 bridgehead atoms. The van der Waals surface area contributed by atoms with E-state index >= 15 is 0 Å². The average Bonchev–Trinajstić information content (AvgIpc) is 2.65. The average molecular weight is 316 g/mol. The van der Waals surface area contributed by atoms with Crippen LogP contribution in [-0.4, -0.2) is 0 Å². The third kappa shape index (κ3) is 1.62. The van der Waals surface area contributed by atoms with Gasteiger partial charge in [-0.3, -0.25) is 0 Å². The molecule has 0 aliphatic heterocycles. The highest BCUT2D eigenvalue weighted by atomic mass is 14.2. The molecule has 0 aliphatic rings. The molecule has 0 spiro atoms. The van der Waals surface area contributed by atoms with Crippen LogP contribution in [0.1, 0.15) is 5.56 Å². The van der Waals surface area contributed by atoms with Gasteiger partial charge >= 0.3 is 0 Å². The van der Waals surface area contributed by atoms with Gasteiger partial charge in [-0.25, -0.2) is 0 Å². The third-order valence-corrected chi connectivity index (χ3v) is 5.69. The summed E-state index contributed by atoms with van der Waals surface area (Å²) in [5, 5.41) is 13.6. The van der Waals surface area contributed by atoms with Gasteiger partial charge in [0.1, 0.15) is 0 Å². The van der Waals surface area contributed by atoms with Gasteiger partial charge in [-0.15, -0.1) is 0 Å². The van der Waals surface area contributed by atoms with Crippen LogP contribution in [0.3, 0.4) is 0 Å². The Balaban J connectivity index is 1.98. The fourth-order valence-corrected chi connectivity index (χ4v) is 4.59. The summed E-state index contributed by atoms with van der Waals surface area (Å²) >= 11 is 0. The Kier molecular flexibility index (Phi) is 2.37. The standard InChI is InChI=1S/C25H16/c1-15-4-2-5-16-10-12-20-21-13-11-18-7-3-6-17-8-9-19(25(21)24(17)18)14-22(20)23(15)16/h2-14H,1H3. The molecule has 116 valence electrons. The van der Waals surface area contributed by atoms with Crippen LogP contribution in [0.4, 0.5) is 0 Å². The molecule has 0 unspecified atom stereocenters. The Morgan fingerprint density at radius 3 is 1.84 bits per heavy atom. The van der Waals surface area contributed by atoms with Gasteiger partial charge in [0.15, 0.2) is 0 Å². The molecule has 6 aromatic carbocycles. The third-order valence-electron chi connectivity index (χ3n) is 5.69. The van der Waals surface area contributed by atoms with Crippen LogP contribution in [0.25, 0.3) is 53.9 Å². The predicted molar refractivity (Wildman–Crippen MR) is 110 cm³/mol. The smallest absolute Gasteiger partial charge is 0.00203 e. The number of hydrogen-bond donors (Lipinski definition) is 0. The topological polar surface area (TPSA) is 0 Å². The monoisotopic (exact) mass is 316 g/mol. The van der Waals surface area contributed by atoms with E-state index < -0.39 is 0 Å². The second kappa shape index (κ2) is 4.49. The van der Waals surface area contributed by atoms with E-state index in [4.69, 9.17) is 0 Å². The van der Waals surface area contributed by atoms with Crippen molar-refractivity contribution in [1.82, 2.24) is 0 Å². The van der Waals surface area contributed by atoms with Crippen molar-refractivity contribution in [2.45, 2.75) is 6.92 Å². The fourth-order valence-electron chi connectivity index (χ4n) is 4.59. The van der Waals surface area contributed by atoms with Crippen molar-refractivity contribution in [3.05, 3.63) is 84.4 Å². The van der Waals surface area contributed by atoms with Crippen molar-refractivity contribution in [2.75, 3.05) is 0 Å². The molecule has 0 saturated carbocycles. The summed E-state index contributed by atoms with van der Waals surface area (Å²) < 4.78 is 0. The first-order chi connectivity index (χ1) is 12.3. The Bertz CT molecular complexity index is 1420. The summed E-state index contributed by atoms with van der Waals surface area (Å²) in [6.07, 6.45) is 0. The predicted octanol–water partition coefficient (Wildman–Crippen LogP) is 7.20. The van der Waals surface area contributed by atoms with Crippen LogP contribution in [0.5, 0.6) is 0 Å². The number of fused-ring (bicyclic) bond motifs is 4. The highest BCUT2D eigenvalue weighted by molar-refractivity contribution is 6.31. The minimum absolute atomic E-state index is 1.32. The lowest BCUT2D eigenvalue weighted by Crippen LogP contribution is -1.87. The van der Waals surface area contributed by atoms with E-state index in [2.05, 4.69) is 85.8 Å². The molecular formula is C25H16. The van der Waals surface area contributed by atoms with E-state index in [1.54, 1.807) is 0 Å². The maximum atomic E-state index is 2.39. The lowest BCUT2D eigenvalue weighted by Gasteiger charge is -2.15. The Morgan fingerprint density at radius 2 is 1.04 bits per heavy atom. The number of aryl methyl sites for hydroxylation is 1. The molecule has 0 heteroatoms. The minimum Gasteiger partial charge on any atom is -0.0614 e. The first kappa shape index (κ1) is 13.2. The summed E-state index contributed by atoms with van der Waals surface area (Å²) in [6.45, 7) is 2.21. The summed E-state index contributed by atoms with van der Waals surface area (Å²) in [6, 6.07) is 29.2. The van der Waals surface area contributed by atoms with Gasteiger partial charge in [-0.2, -0.15) is 0 Å². The SMILES string of the molecule is Cc1cccc2ccc3c(cc4ccc5cccc6ccc3c4c56)c12. The van der Waals surface area contributed by atoms with Crippen molar-refractivity contribution < 1.29 is 0 Å². The molecule has 0 aromatic heterocycles. The number of hydrogen-bond acceptors (Lipinski definition) is 0. The Morgan fingerprint density at radius 1 is 0.440 bits per heavy atom. The van der Waals surface area contributed by atoms with Crippen LogP contribution in [0.15, 0.2) is 78.9 Å². The molecule has 0 nitrogen and oxygen atoms in total. The molecule has 0 amide bonds. The molecule has 0 saturated heterocycles. The highest BCUT2D eigenvalue weighted by Crippen LogP contribution is 2.40. The van der Waals surface area contributed by atoms with Crippen LogP contribution >= 0.6 is 0 Å². The first-order valence-electron chi connectivity index (χ1n) is 8.80. The van der Waals surface area contributed by atoms with Crippen LogP contribution in [0, 0.1) is 6.92 Å². The maximum Gasteiger partial charge on any atom is -0.00203 e. The zero-order valence-corrected chi connectivity index (χ0v) is 14.0. The van der Waals surface area contributed by atoms with Gasteiger partial charge in [-0.05, 0) is 72.4 Å². The summed E-state index contributed by atoms with van der Waals surface area (Å²) in [5.41, 5.74) is 1.34. The van der Waals surface area contributed by atoms with E-state index in [9.17, 15) is 0 Å². The fraction of sp³-hybridized carbons (Fsp3) is 0.0400. The Hall–Kier alpha value is -3.12. The zero-order chi connectivity index (χ0) is 16.5. The van der Waals surface area contributed by atoms with Crippen molar-refractivity contribution >= 4 is 53.9 Å². The molecule has 0 N–H and O–H groups in total. The molecule has 0 fully saturated rings. The second-order valence-electron chi connectivity index (χ2n) is 7.07. The lowest BCUT2D eigenvalue weighted by atomic mass is 9.89. The van der Waals surface area contributed by atoms with Gasteiger partial charge in [0.2, 0.25) is 0 Å². The first-order valence-corrected chi connectivity index (χ1v) is 8.80. The molecule has 25 heavy (non-hydrogen) atoms. The molecule has 0 aliphatic carbocycles. The second-order valence-corrected chi connectivity index (χ2v) is 7.07. The van der Waals surface area contributed by atoms with E-state index in [-0.39, 0.29) is 0 Å². The van der Waals surface area contributed by atoms with E-state index in [0.717, 1.165) is 0 Å². The number of rotatable bonds is 0. The number of benzene rings is 6. The largest absolute Gasteiger partial charge is 0.0614 e. The summed E-state index contributed by atoms with van der Waals surface area (Å²) in [4.78, 5) is 0. The van der Waals surface area contributed by atoms with Crippen molar-refractivity contribution in [3.63, 3.8) is 0 Å². The molecular weight excluding hydrogens is 300 g/mol. The van der Waals surface area contributed by atoms with E-state index in [1.165, 1.54) is 59.4 Å². The minimum atomic E-state index is 1.32. The van der Waals surface area contributed by atoms with E-state index in [0.29, 0.717) is 0 Å². The summed E-state index contributed by atoms with van der Waals surface area (Å²) in [7, 11) is 0. The molecule has 0 atom stereocenters. The van der Waals surface area contributed by atoms with Crippen molar-refractivity contribution in [2.24, 2.45) is 0 Å². The van der Waals surface area contributed by atoms with Crippen molar-refractivity contribution in [1.29, 1.82) is 0 Å². The molecule has 6 aromatic rings. The zero-order valence-electron chi connectivity index (χ0n) is 14.0. The quantitative estimate of drug-likeness (QED) is 0.205. The van der Waals surface area contributed by atoms with Gasteiger partial charge in [0.05, 0.1) is 0 Å². The normalized spacial score (nSPS) is 12.2. The highest BCUT2D eigenvalue weighted by Gasteiger charge is 2.12. The van der Waals surface area contributed by atoms with Crippen molar-refractivity contribution in [3.8, 4) is 0 Å². The van der Waals surface area contributed by atoms with Gasteiger partial charge in [0, 0.05) is 0 Å². The van der Waals surface area contributed by atoms with E-state index in [1.807, 2.05) is 0 Å². The summed E-state index contributed by atoms with van der Waals surface area (Å²) in [5.74, 6) is 0. The van der Waals surface area contributed by atoms with Crippen LogP contribution in [0.2, 0.25) is 0 Å². The van der Waals surface area contributed by atoms with Gasteiger partial charge in [-0.1, -0.05) is 72.8 Å². The molecule has 0 radical (unpaired) electrons. The molecule has 6 rings (SSSR count). The van der Waals surface area contributed by atoms with Gasteiger partial charge < -0.3 is 0 Å². The molecule has 0 heterocycles.